The lowest BCUT2D eigenvalue weighted by molar-refractivity contribution is 0.318. The minimum absolute atomic E-state index is 0.820. The van der Waals surface area contributed by atoms with Crippen LogP contribution in [0.4, 0.5) is 5.69 Å². The Hall–Kier alpha value is -1.80. The van der Waals surface area contributed by atoms with Crippen LogP contribution in [0, 0.1) is 13.8 Å². The molecule has 100 valence electrons. The summed E-state index contributed by atoms with van der Waals surface area (Å²) in [5.74, 6) is 0. The lowest BCUT2D eigenvalue weighted by Crippen LogP contribution is -2.17. The second-order valence-corrected chi connectivity index (χ2v) is 5.34. The Labute approximate surface area is 115 Å². The normalized spacial score (nSPS) is 10.9. The van der Waals surface area contributed by atoms with Crippen molar-refractivity contribution in [3.8, 4) is 0 Å². The van der Waals surface area contributed by atoms with Gasteiger partial charge in [0, 0.05) is 18.8 Å². The summed E-state index contributed by atoms with van der Waals surface area (Å²) in [6, 6.07) is 14.7. The van der Waals surface area contributed by atoms with E-state index in [4.69, 9.17) is 5.73 Å². The Morgan fingerprint density at radius 3 is 2.26 bits per heavy atom. The fourth-order valence-corrected chi connectivity index (χ4v) is 2.30. The lowest BCUT2D eigenvalue weighted by Gasteiger charge is -2.18. The van der Waals surface area contributed by atoms with Gasteiger partial charge in [-0.1, -0.05) is 35.9 Å². The molecule has 0 amide bonds. The maximum Gasteiger partial charge on any atom is 0.0314 e. The van der Waals surface area contributed by atoms with Gasteiger partial charge in [0.05, 0.1) is 0 Å². The summed E-state index contributed by atoms with van der Waals surface area (Å²) in [5.41, 5.74) is 11.9. The van der Waals surface area contributed by atoms with E-state index in [9.17, 15) is 0 Å². The van der Waals surface area contributed by atoms with E-state index >= 15 is 0 Å². The zero-order chi connectivity index (χ0) is 13.8. The van der Waals surface area contributed by atoms with Gasteiger partial charge in [-0.25, -0.2) is 0 Å². The Morgan fingerprint density at radius 2 is 1.63 bits per heavy atom. The number of anilines is 1. The van der Waals surface area contributed by atoms with Crippen molar-refractivity contribution in [2.45, 2.75) is 26.9 Å². The molecule has 0 fully saturated rings. The van der Waals surface area contributed by atoms with E-state index in [1.54, 1.807) is 0 Å². The monoisotopic (exact) mass is 254 g/mol. The van der Waals surface area contributed by atoms with Crippen molar-refractivity contribution in [1.29, 1.82) is 0 Å². The minimum Gasteiger partial charge on any atom is -0.399 e. The van der Waals surface area contributed by atoms with Gasteiger partial charge in [0.2, 0.25) is 0 Å². The van der Waals surface area contributed by atoms with E-state index in [0.29, 0.717) is 0 Å². The average molecular weight is 254 g/mol. The van der Waals surface area contributed by atoms with Crippen LogP contribution in [0.15, 0.2) is 42.5 Å². The predicted molar refractivity (Wildman–Crippen MR) is 81.9 cm³/mol. The topological polar surface area (TPSA) is 29.3 Å². The molecule has 2 nitrogen and oxygen atoms in total. The molecule has 0 aliphatic heterocycles. The molecular weight excluding hydrogens is 232 g/mol. The molecule has 0 spiro atoms. The first kappa shape index (κ1) is 13.6. The number of nitrogens with zero attached hydrogens (tertiary/aromatic N) is 1. The summed E-state index contributed by atoms with van der Waals surface area (Å²) < 4.78 is 0. The van der Waals surface area contributed by atoms with Crippen LogP contribution in [-0.2, 0) is 13.1 Å². The van der Waals surface area contributed by atoms with Gasteiger partial charge in [-0.05, 0) is 49.7 Å². The van der Waals surface area contributed by atoms with E-state index in [2.05, 4.69) is 56.1 Å². The Morgan fingerprint density at radius 1 is 0.947 bits per heavy atom. The van der Waals surface area contributed by atoms with Crippen LogP contribution in [0.25, 0.3) is 0 Å². The molecule has 0 radical (unpaired) electrons. The molecule has 2 rings (SSSR count). The second-order valence-electron chi connectivity index (χ2n) is 5.34. The molecule has 19 heavy (non-hydrogen) atoms. The molecule has 0 heterocycles. The number of nitrogen functional groups attached to an aromatic ring is 1. The summed E-state index contributed by atoms with van der Waals surface area (Å²) in [5, 5.41) is 0. The Bertz CT molecular complexity index is 544. The summed E-state index contributed by atoms with van der Waals surface area (Å²) in [7, 11) is 2.15. The van der Waals surface area contributed by atoms with E-state index in [1.807, 2.05) is 12.1 Å². The third-order valence-electron chi connectivity index (χ3n) is 3.37. The molecule has 2 aromatic rings. The zero-order valence-corrected chi connectivity index (χ0v) is 12.0. The van der Waals surface area contributed by atoms with Gasteiger partial charge in [-0.15, -0.1) is 0 Å². The molecule has 0 aliphatic carbocycles. The minimum atomic E-state index is 0.820. The lowest BCUT2D eigenvalue weighted by atomic mass is 10.1. The molecule has 0 bridgehead atoms. The van der Waals surface area contributed by atoms with E-state index < -0.39 is 0 Å². The highest BCUT2D eigenvalue weighted by Gasteiger charge is 2.04. The van der Waals surface area contributed by atoms with Gasteiger partial charge in [0.15, 0.2) is 0 Å². The van der Waals surface area contributed by atoms with Crippen LogP contribution < -0.4 is 5.73 Å². The van der Waals surface area contributed by atoms with Crippen molar-refractivity contribution in [3.05, 3.63) is 64.7 Å². The van der Waals surface area contributed by atoms with Crippen LogP contribution in [0.3, 0.4) is 0 Å². The van der Waals surface area contributed by atoms with E-state index in [-0.39, 0.29) is 0 Å². The number of hydrogen-bond acceptors (Lipinski definition) is 2. The van der Waals surface area contributed by atoms with Crippen molar-refractivity contribution >= 4 is 5.69 Å². The highest BCUT2D eigenvalue weighted by Crippen LogP contribution is 2.14. The van der Waals surface area contributed by atoms with Gasteiger partial charge >= 0.3 is 0 Å². The number of hydrogen-bond donors (Lipinski definition) is 1. The molecule has 0 unspecified atom stereocenters. The molecule has 2 N–H and O–H groups in total. The molecule has 2 aromatic carbocycles. The maximum absolute atomic E-state index is 5.70. The third kappa shape index (κ3) is 3.83. The summed E-state index contributed by atoms with van der Waals surface area (Å²) in [4.78, 5) is 2.32. The molecular formula is C17H22N2. The second kappa shape index (κ2) is 5.89. The summed E-state index contributed by atoms with van der Waals surface area (Å²) in [6.07, 6.45) is 0. The number of aryl methyl sites for hydroxylation is 2. The van der Waals surface area contributed by atoms with Crippen molar-refractivity contribution in [2.24, 2.45) is 0 Å². The van der Waals surface area contributed by atoms with E-state index in [1.165, 1.54) is 22.3 Å². The average Bonchev–Trinajstić information content (AvgIpc) is 2.36. The van der Waals surface area contributed by atoms with Crippen LogP contribution in [0.2, 0.25) is 0 Å². The van der Waals surface area contributed by atoms with Crippen molar-refractivity contribution in [1.82, 2.24) is 4.90 Å². The van der Waals surface area contributed by atoms with Crippen molar-refractivity contribution < 1.29 is 0 Å². The fourth-order valence-electron chi connectivity index (χ4n) is 2.30. The molecule has 0 atom stereocenters. The predicted octanol–water partition coefficient (Wildman–Crippen LogP) is 3.52. The van der Waals surface area contributed by atoms with Crippen LogP contribution >= 0.6 is 0 Å². The SMILES string of the molecule is Cc1ccc(CN(C)Cc2ccc(N)cc2)c(C)c1. The van der Waals surface area contributed by atoms with Gasteiger partial charge in [0.25, 0.3) is 0 Å². The van der Waals surface area contributed by atoms with Gasteiger partial charge in [0.1, 0.15) is 0 Å². The first-order chi connectivity index (χ1) is 9.04. The van der Waals surface area contributed by atoms with Crippen molar-refractivity contribution in [2.75, 3.05) is 12.8 Å². The van der Waals surface area contributed by atoms with Gasteiger partial charge in [-0.2, -0.15) is 0 Å². The highest BCUT2D eigenvalue weighted by atomic mass is 15.1. The van der Waals surface area contributed by atoms with Crippen LogP contribution in [-0.4, -0.2) is 11.9 Å². The first-order valence-corrected chi connectivity index (χ1v) is 6.63. The number of nitrogens with two attached hydrogens (primary N) is 1. The molecule has 0 aromatic heterocycles. The maximum atomic E-state index is 5.70. The molecule has 0 saturated heterocycles. The number of rotatable bonds is 4. The summed E-state index contributed by atoms with van der Waals surface area (Å²) in [6.45, 7) is 6.22. The van der Waals surface area contributed by atoms with Crippen molar-refractivity contribution in [3.63, 3.8) is 0 Å². The molecule has 0 aliphatic rings. The third-order valence-corrected chi connectivity index (χ3v) is 3.37. The molecule has 2 heteroatoms. The number of benzene rings is 2. The Kier molecular flexibility index (Phi) is 4.23. The first-order valence-electron chi connectivity index (χ1n) is 6.63. The van der Waals surface area contributed by atoms with Crippen LogP contribution in [0.5, 0.6) is 0 Å². The zero-order valence-electron chi connectivity index (χ0n) is 12.0. The van der Waals surface area contributed by atoms with Gasteiger partial charge < -0.3 is 5.73 Å². The molecule has 0 saturated carbocycles. The quantitative estimate of drug-likeness (QED) is 0.846. The van der Waals surface area contributed by atoms with Crippen LogP contribution in [0.1, 0.15) is 22.3 Å². The highest BCUT2D eigenvalue weighted by molar-refractivity contribution is 5.39. The Balaban J connectivity index is 2.01. The smallest absolute Gasteiger partial charge is 0.0314 e. The summed E-state index contributed by atoms with van der Waals surface area (Å²) >= 11 is 0. The van der Waals surface area contributed by atoms with Gasteiger partial charge in [-0.3, -0.25) is 4.90 Å². The fraction of sp³-hybridized carbons (Fsp3) is 0.294. The standard InChI is InChI=1S/C17H22N2/c1-13-4-7-16(14(2)10-13)12-19(3)11-15-5-8-17(18)9-6-15/h4-10H,11-12,18H2,1-3H3. The largest absolute Gasteiger partial charge is 0.399 e. The van der Waals surface area contributed by atoms with E-state index in [0.717, 1.165) is 18.8 Å².